The van der Waals surface area contributed by atoms with Crippen LogP contribution in [0.25, 0.3) is 11.3 Å². The summed E-state index contributed by atoms with van der Waals surface area (Å²) in [6.07, 6.45) is 1.75. The minimum atomic E-state index is 0.681. The molecule has 0 radical (unpaired) electrons. The Bertz CT molecular complexity index is 656. The van der Waals surface area contributed by atoms with E-state index in [2.05, 4.69) is 27.6 Å². The van der Waals surface area contributed by atoms with Crippen LogP contribution in [0.1, 0.15) is 11.5 Å². The average molecular weight is 253 g/mol. The Morgan fingerprint density at radius 1 is 1.21 bits per heavy atom. The molecule has 0 spiro atoms. The molecule has 2 aromatic heterocycles. The molecule has 0 aliphatic rings. The van der Waals surface area contributed by atoms with Crippen LogP contribution < -0.4 is 5.32 Å². The van der Waals surface area contributed by atoms with E-state index < -0.39 is 0 Å². The van der Waals surface area contributed by atoms with Gasteiger partial charge in [0.15, 0.2) is 0 Å². The number of rotatable bonds is 4. The van der Waals surface area contributed by atoms with Crippen molar-refractivity contribution >= 4 is 5.69 Å². The fourth-order valence-electron chi connectivity index (χ4n) is 1.98. The normalized spacial score (nSPS) is 10.6. The monoisotopic (exact) mass is 253 g/mol. The van der Waals surface area contributed by atoms with Crippen molar-refractivity contribution in [3.63, 3.8) is 0 Å². The van der Waals surface area contributed by atoms with Gasteiger partial charge in [-0.3, -0.25) is 5.10 Å². The third kappa shape index (κ3) is 2.68. The molecular weight excluding hydrogens is 238 g/mol. The van der Waals surface area contributed by atoms with Gasteiger partial charge in [0.25, 0.3) is 0 Å². The highest BCUT2D eigenvalue weighted by molar-refractivity contribution is 5.64. The van der Waals surface area contributed by atoms with Gasteiger partial charge in [0.1, 0.15) is 11.5 Å². The number of benzene rings is 1. The van der Waals surface area contributed by atoms with Gasteiger partial charge in [-0.05, 0) is 37.3 Å². The minimum absolute atomic E-state index is 0.681. The second-order valence-electron chi connectivity index (χ2n) is 4.42. The number of H-pyrrole nitrogens is 1. The van der Waals surface area contributed by atoms with E-state index >= 15 is 0 Å². The van der Waals surface area contributed by atoms with Crippen molar-refractivity contribution in [1.29, 1.82) is 0 Å². The molecule has 0 bridgehead atoms. The van der Waals surface area contributed by atoms with Gasteiger partial charge in [0.05, 0.1) is 12.2 Å². The number of nitrogens with zero attached hydrogens (tertiary/aromatic N) is 1. The molecular formula is C15H15N3O. The topological polar surface area (TPSA) is 53.9 Å². The quantitative estimate of drug-likeness (QED) is 0.747. The summed E-state index contributed by atoms with van der Waals surface area (Å²) in [4.78, 5) is 0. The largest absolute Gasteiger partial charge is 0.465 e. The number of aromatic nitrogens is 2. The number of aryl methyl sites for hydroxylation is 1. The highest BCUT2D eigenvalue weighted by atomic mass is 16.3. The van der Waals surface area contributed by atoms with Crippen LogP contribution >= 0.6 is 0 Å². The molecule has 4 nitrogen and oxygen atoms in total. The first-order chi connectivity index (χ1) is 9.31. The van der Waals surface area contributed by atoms with Gasteiger partial charge in [0.2, 0.25) is 0 Å². The summed E-state index contributed by atoms with van der Waals surface area (Å²) >= 11 is 0. The van der Waals surface area contributed by atoms with E-state index in [1.54, 1.807) is 6.20 Å². The number of aromatic amines is 1. The zero-order valence-corrected chi connectivity index (χ0v) is 10.7. The van der Waals surface area contributed by atoms with Crippen LogP contribution in [-0.2, 0) is 6.54 Å². The van der Waals surface area contributed by atoms with E-state index in [4.69, 9.17) is 4.42 Å². The molecule has 3 rings (SSSR count). The molecule has 0 saturated heterocycles. The standard InChI is InChI=1S/C15H15N3O/c1-11-5-6-14(19-11)10-16-13-4-2-3-12(9-13)15-7-8-17-18-15/h2-9,16H,10H2,1H3,(H,17,18). The van der Waals surface area contributed by atoms with E-state index in [-0.39, 0.29) is 0 Å². The molecule has 2 N–H and O–H groups in total. The van der Waals surface area contributed by atoms with Crippen LogP contribution in [0.4, 0.5) is 5.69 Å². The Morgan fingerprint density at radius 2 is 2.16 bits per heavy atom. The van der Waals surface area contributed by atoms with E-state index in [1.807, 2.05) is 37.3 Å². The maximum atomic E-state index is 5.53. The summed E-state index contributed by atoms with van der Waals surface area (Å²) in [5.41, 5.74) is 3.18. The van der Waals surface area contributed by atoms with E-state index in [0.29, 0.717) is 6.54 Å². The first-order valence-electron chi connectivity index (χ1n) is 6.20. The molecule has 0 saturated carbocycles. The van der Waals surface area contributed by atoms with Crippen LogP contribution in [0.2, 0.25) is 0 Å². The van der Waals surface area contributed by atoms with Crippen LogP contribution in [-0.4, -0.2) is 10.2 Å². The van der Waals surface area contributed by atoms with Crippen molar-refractivity contribution in [1.82, 2.24) is 10.2 Å². The third-order valence-electron chi connectivity index (χ3n) is 2.94. The highest BCUT2D eigenvalue weighted by Crippen LogP contribution is 2.20. The minimum Gasteiger partial charge on any atom is -0.465 e. The van der Waals surface area contributed by atoms with E-state index in [1.165, 1.54) is 0 Å². The molecule has 4 heteroatoms. The van der Waals surface area contributed by atoms with Crippen molar-refractivity contribution in [2.75, 3.05) is 5.32 Å². The van der Waals surface area contributed by atoms with Crippen molar-refractivity contribution in [3.05, 3.63) is 60.2 Å². The SMILES string of the molecule is Cc1ccc(CNc2cccc(-c3ccn[nH]3)c2)o1. The first kappa shape index (κ1) is 11.6. The van der Waals surface area contributed by atoms with Gasteiger partial charge in [-0.1, -0.05) is 12.1 Å². The molecule has 1 aromatic carbocycles. The maximum absolute atomic E-state index is 5.53. The second kappa shape index (κ2) is 5.02. The molecule has 0 aliphatic heterocycles. The molecule has 19 heavy (non-hydrogen) atoms. The molecule has 0 amide bonds. The molecule has 0 fully saturated rings. The summed E-state index contributed by atoms with van der Waals surface area (Å²) in [5.74, 6) is 1.87. The van der Waals surface area contributed by atoms with Crippen LogP contribution in [0.15, 0.2) is 53.1 Å². The van der Waals surface area contributed by atoms with Crippen molar-refractivity contribution in [3.8, 4) is 11.3 Å². The van der Waals surface area contributed by atoms with E-state index in [9.17, 15) is 0 Å². The van der Waals surface area contributed by atoms with Gasteiger partial charge in [0, 0.05) is 17.4 Å². The lowest BCUT2D eigenvalue weighted by Gasteiger charge is -2.06. The van der Waals surface area contributed by atoms with Crippen LogP contribution in [0.3, 0.4) is 0 Å². The summed E-state index contributed by atoms with van der Waals surface area (Å²) < 4.78 is 5.53. The maximum Gasteiger partial charge on any atom is 0.123 e. The highest BCUT2D eigenvalue weighted by Gasteiger charge is 2.02. The fourth-order valence-corrected chi connectivity index (χ4v) is 1.98. The van der Waals surface area contributed by atoms with Crippen LogP contribution in [0.5, 0.6) is 0 Å². The molecule has 0 unspecified atom stereocenters. The summed E-state index contributed by atoms with van der Waals surface area (Å²) in [6, 6.07) is 14.1. The molecule has 3 aromatic rings. The Kier molecular flexibility index (Phi) is 3.06. The number of nitrogens with one attached hydrogen (secondary N) is 2. The zero-order chi connectivity index (χ0) is 13.1. The number of furan rings is 1. The Hall–Kier alpha value is -2.49. The van der Waals surface area contributed by atoms with Crippen molar-refractivity contribution in [2.24, 2.45) is 0 Å². The molecule has 96 valence electrons. The lowest BCUT2D eigenvalue weighted by molar-refractivity contribution is 0.490. The van der Waals surface area contributed by atoms with Gasteiger partial charge in [-0.25, -0.2) is 0 Å². The van der Waals surface area contributed by atoms with Crippen molar-refractivity contribution < 1.29 is 4.42 Å². The Labute approximate surface area is 111 Å². The van der Waals surface area contributed by atoms with E-state index in [0.717, 1.165) is 28.5 Å². The smallest absolute Gasteiger partial charge is 0.123 e. The number of anilines is 1. The Balaban J connectivity index is 1.73. The van der Waals surface area contributed by atoms with Crippen LogP contribution in [0, 0.1) is 6.92 Å². The first-order valence-corrected chi connectivity index (χ1v) is 6.20. The predicted molar refractivity (Wildman–Crippen MR) is 74.8 cm³/mol. The summed E-state index contributed by atoms with van der Waals surface area (Å²) in [7, 11) is 0. The third-order valence-corrected chi connectivity index (χ3v) is 2.94. The summed E-state index contributed by atoms with van der Waals surface area (Å²) in [5, 5.41) is 10.3. The molecule has 0 atom stereocenters. The predicted octanol–water partition coefficient (Wildman–Crippen LogP) is 3.59. The van der Waals surface area contributed by atoms with Gasteiger partial charge in [-0.2, -0.15) is 5.10 Å². The summed E-state index contributed by atoms with van der Waals surface area (Å²) in [6.45, 7) is 2.63. The molecule has 0 aliphatic carbocycles. The van der Waals surface area contributed by atoms with Crippen molar-refractivity contribution in [2.45, 2.75) is 13.5 Å². The van der Waals surface area contributed by atoms with Gasteiger partial charge >= 0.3 is 0 Å². The number of hydrogen-bond donors (Lipinski definition) is 2. The van der Waals surface area contributed by atoms with Gasteiger partial charge in [-0.15, -0.1) is 0 Å². The molecule has 2 heterocycles. The fraction of sp³-hybridized carbons (Fsp3) is 0.133. The second-order valence-corrected chi connectivity index (χ2v) is 4.42. The lowest BCUT2D eigenvalue weighted by atomic mass is 10.1. The zero-order valence-electron chi connectivity index (χ0n) is 10.7. The lowest BCUT2D eigenvalue weighted by Crippen LogP contribution is -1.98. The average Bonchev–Trinajstić information content (AvgIpc) is 3.08. The number of hydrogen-bond acceptors (Lipinski definition) is 3. The van der Waals surface area contributed by atoms with Gasteiger partial charge < -0.3 is 9.73 Å². The Morgan fingerprint density at radius 3 is 2.89 bits per heavy atom.